The van der Waals surface area contributed by atoms with Crippen LogP contribution in [0.2, 0.25) is 0 Å². The molecule has 1 aliphatic rings. The molecule has 1 heterocycles. The lowest BCUT2D eigenvalue weighted by Gasteiger charge is -2.22. The Labute approximate surface area is 306 Å². The van der Waals surface area contributed by atoms with Crippen molar-refractivity contribution in [2.45, 2.75) is 33.1 Å². The van der Waals surface area contributed by atoms with Crippen molar-refractivity contribution in [3.63, 3.8) is 0 Å². The fourth-order valence-electron chi connectivity index (χ4n) is 8.06. The molecule has 252 valence electrons. The van der Waals surface area contributed by atoms with Gasteiger partial charge in [0.05, 0.1) is 0 Å². The Kier molecular flexibility index (Phi) is 8.36. The average Bonchev–Trinajstić information content (AvgIpc) is 3.63. The molecule has 1 aliphatic carbocycles. The van der Waals surface area contributed by atoms with Crippen LogP contribution in [0.4, 0.5) is 0 Å². The molecule has 7 aromatic rings. The van der Waals surface area contributed by atoms with Crippen molar-refractivity contribution in [1.29, 1.82) is 0 Å². The first-order valence-corrected chi connectivity index (χ1v) is 18.0. The standard InChI is InChI=1S/C51H42O/c1-7-10-17-33(4)34-22-24-35(25-23-34)41-18-13-11-12-14-19-42(40(9-3)39(41)8-2)36-26-27-47-44(28-36)45-29-38-32-50-46(43-20-15-16-21-49(43)52-50)30-37(38)31-48(45)51(47,5)6/h7-32H,1,4H2,2-3,5-6H3/b13-11?,14-12?,17-10-,39-8+,40-9+,41-18?,42-19?. The Morgan fingerprint density at radius 3 is 1.92 bits per heavy atom. The van der Waals surface area contributed by atoms with Crippen LogP contribution < -0.4 is 10.4 Å². The number of hydrogen-bond donors (Lipinski definition) is 0. The molecule has 8 rings (SSSR count). The first-order valence-electron chi connectivity index (χ1n) is 18.0. The highest BCUT2D eigenvalue weighted by atomic mass is 16.3. The van der Waals surface area contributed by atoms with Gasteiger partial charge in [0, 0.05) is 16.2 Å². The van der Waals surface area contributed by atoms with Gasteiger partial charge >= 0.3 is 0 Å². The molecule has 52 heavy (non-hydrogen) atoms. The van der Waals surface area contributed by atoms with E-state index in [0.717, 1.165) is 33.3 Å². The van der Waals surface area contributed by atoms with E-state index in [0.29, 0.717) is 0 Å². The summed E-state index contributed by atoms with van der Waals surface area (Å²) >= 11 is 0. The molecule has 1 aromatic heterocycles. The number of benzene rings is 5. The molecular formula is C51H42O. The van der Waals surface area contributed by atoms with Gasteiger partial charge in [-0.2, -0.15) is 0 Å². The minimum atomic E-state index is -0.132. The maximum atomic E-state index is 6.30. The summed E-state index contributed by atoms with van der Waals surface area (Å²) in [5, 5.41) is 7.14. The Bertz CT molecular complexity index is 2800. The van der Waals surface area contributed by atoms with Crippen LogP contribution in [0, 0.1) is 0 Å². The van der Waals surface area contributed by atoms with E-state index in [1.54, 1.807) is 6.08 Å². The summed E-state index contributed by atoms with van der Waals surface area (Å²) < 4.78 is 6.30. The molecule has 0 N–H and O–H groups in total. The number of allylic oxidation sites excluding steroid dienone is 4. The molecule has 6 aromatic carbocycles. The van der Waals surface area contributed by atoms with E-state index >= 15 is 0 Å². The monoisotopic (exact) mass is 670 g/mol. The normalized spacial score (nSPS) is 13.8. The van der Waals surface area contributed by atoms with Crippen molar-refractivity contribution in [2.75, 3.05) is 0 Å². The molecular weight excluding hydrogens is 629 g/mol. The van der Waals surface area contributed by atoms with Gasteiger partial charge in [0.25, 0.3) is 0 Å². The molecule has 0 unspecified atom stereocenters. The number of hydrogen-bond acceptors (Lipinski definition) is 1. The van der Waals surface area contributed by atoms with Crippen LogP contribution >= 0.6 is 0 Å². The van der Waals surface area contributed by atoms with E-state index in [1.807, 2.05) is 18.2 Å². The SMILES string of the molecule is C=C/C=C\C(=C)c1ccc(-c2ccccccc(-c3ccc4c(c3)-c3cc5cc6oc7ccccc7c6cc5cc3C4(C)C)c(=C/C)/c2=C\C)cc1. The quantitative estimate of drug-likeness (QED) is 0.166. The van der Waals surface area contributed by atoms with Gasteiger partial charge in [0.1, 0.15) is 11.2 Å². The third-order valence-corrected chi connectivity index (χ3v) is 10.7. The van der Waals surface area contributed by atoms with Gasteiger partial charge in [-0.3, -0.25) is 0 Å². The molecule has 0 spiro atoms. The summed E-state index contributed by atoms with van der Waals surface area (Å²) in [4.78, 5) is 0. The lowest BCUT2D eigenvalue weighted by Crippen LogP contribution is -2.27. The largest absolute Gasteiger partial charge is 0.456 e. The molecule has 0 saturated heterocycles. The minimum Gasteiger partial charge on any atom is -0.456 e. The first-order chi connectivity index (χ1) is 25.3. The summed E-state index contributed by atoms with van der Waals surface area (Å²) in [5.74, 6) is 0. The topological polar surface area (TPSA) is 13.1 Å². The molecule has 0 atom stereocenters. The fourth-order valence-corrected chi connectivity index (χ4v) is 8.06. The van der Waals surface area contributed by atoms with Crippen molar-refractivity contribution in [1.82, 2.24) is 0 Å². The Morgan fingerprint density at radius 1 is 0.577 bits per heavy atom. The van der Waals surface area contributed by atoms with Gasteiger partial charge in [-0.05, 0) is 127 Å². The van der Waals surface area contributed by atoms with Crippen molar-refractivity contribution in [2.24, 2.45) is 0 Å². The minimum absolute atomic E-state index is 0.132. The van der Waals surface area contributed by atoms with Gasteiger partial charge in [0.15, 0.2) is 0 Å². The predicted octanol–water partition coefficient (Wildman–Crippen LogP) is 12.9. The zero-order chi connectivity index (χ0) is 36.0. The van der Waals surface area contributed by atoms with Crippen LogP contribution in [0.1, 0.15) is 44.4 Å². The summed E-state index contributed by atoms with van der Waals surface area (Å²) in [7, 11) is 0. The second-order valence-corrected chi connectivity index (χ2v) is 14.1. The smallest absolute Gasteiger partial charge is 0.136 e. The van der Waals surface area contributed by atoms with Gasteiger partial charge in [-0.25, -0.2) is 0 Å². The van der Waals surface area contributed by atoms with E-state index in [-0.39, 0.29) is 5.41 Å². The van der Waals surface area contributed by atoms with Gasteiger partial charge in [0.2, 0.25) is 0 Å². The van der Waals surface area contributed by atoms with E-state index in [4.69, 9.17) is 4.42 Å². The Balaban J connectivity index is 1.31. The van der Waals surface area contributed by atoms with Crippen molar-refractivity contribution < 1.29 is 4.42 Å². The maximum Gasteiger partial charge on any atom is 0.136 e. The fraction of sp³-hybridized carbons (Fsp3) is 0.0980. The van der Waals surface area contributed by atoms with E-state index in [1.165, 1.54) is 65.5 Å². The second-order valence-electron chi connectivity index (χ2n) is 14.1. The van der Waals surface area contributed by atoms with Crippen LogP contribution in [0.25, 0.3) is 83.8 Å². The van der Waals surface area contributed by atoms with Crippen LogP contribution in [-0.2, 0) is 5.41 Å². The lowest BCUT2D eigenvalue weighted by atomic mass is 9.81. The third-order valence-electron chi connectivity index (χ3n) is 10.7. The highest BCUT2D eigenvalue weighted by Crippen LogP contribution is 2.51. The van der Waals surface area contributed by atoms with Gasteiger partial charge in [-0.15, -0.1) is 0 Å². The van der Waals surface area contributed by atoms with Gasteiger partial charge in [-0.1, -0.05) is 148 Å². The summed E-state index contributed by atoms with van der Waals surface area (Å²) in [5.41, 5.74) is 13.8. The molecule has 1 heteroatoms. The molecule has 0 saturated carbocycles. The van der Waals surface area contributed by atoms with E-state index in [9.17, 15) is 0 Å². The molecule has 0 aliphatic heterocycles. The number of fused-ring (bicyclic) bond motifs is 7. The Hall–Kier alpha value is -6.18. The first kappa shape index (κ1) is 33.0. The van der Waals surface area contributed by atoms with Crippen LogP contribution in [0.3, 0.4) is 0 Å². The molecule has 0 fully saturated rings. The number of para-hydroxylation sites is 1. The van der Waals surface area contributed by atoms with Crippen molar-refractivity contribution in [3.8, 4) is 33.4 Å². The highest BCUT2D eigenvalue weighted by molar-refractivity contribution is 6.11. The number of furan rings is 1. The third kappa shape index (κ3) is 5.50. The molecule has 0 amide bonds. The lowest BCUT2D eigenvalue weighted by molar-refractivity contribution is 0.661. The predicted molar refractivity (Wildman–Crippen MR) is 225 cm³/mol. The molecule has 0 bridgehead atoms. The van der Waals surface area contributed by atoms with Crippen molar-refractivity contribution in [3.05, 3.63) is 186 Å². The van der Waals surface area contributed by atoms with Crippen LogP contribution in [-0.4, -0.2) is 0 Å². The van der Waals surface area contributed by atoms with Gasteiger partial charge < -0.3 is 4.42 Å². The van der Waals surface area contributed by atoms with E-state index < -0.39 is 0 Å². The van der Waals surface area contributed by atoms with Crippen LogP contribution in [0.15, 0.2) is 163 Å². The zero-order valence-corrected chi connectivity index (χ0v) is 30.3. The number of rotatable bonds is 5. The molecule has 0 radical (unpaired) electrons. The maximum absolute atomic E-state index is 6.30. The summed E-state index contributed by atoms with van der Waals surface area (Å²) in [6.07, 6.45) is 10.2. The summed E-state index contributed by atoms with van der Waals surface area (Å²) in [6.45, 7) is 17.0. The van der Waals surface area contributed by atoms with E-state index in [2.05, 4.69) is 174 Å². The highest BCUT2D eigenvalue weighted by Gasteiger charge is 2.36. The van der Waals surface area contributed by atoms with Crippen LogP contribution in [0.5, 0.6) is 0 Å². The average molecular weight is 671 g/mol. The molecule has 1 nitrogen and oxygen atoms in total. The summed E-state index contributed by atoms with van der Waals surface area (Å²) in [6, 6.07) is 46.3. The Morgan fingerprint density at radius 2 is 1.21 bits per heavy atom. The second kappa shape index (κ2) is 13.2. The zero-order valence-electron chi connectivity index (χ0n) is 30.3. The van der Waals surface area contributed by atoms with Crippen molar-refractivity contribution >= 4 is 50.4 Å².